The molecule has 1 aromatic rings. The minimum Gasteiger partial charge on any atom is -0.444 e. The predicted molar refractivity (Wildman–Crippen MR) is 90.7 cm³/mol. The number of unbranched alkanes of at least 4 members (excludes halogenated alkanes) is 3. The molecule has 0 saturated carbocycles. The fraction of sp³-hybridized carbons (Fsp3) is 0.556. The van der Waals surface area contributed by atoms with E-state index in [1.54, 1.807) is 0 Å². The molecule has 0 unspecified atom stereocenters. The van der Waals surface area contributed by atoms with Crippen molar-refractivity contribution in [3.8, 4) is 0 Å². The first kappa shape index (κ1) is 18.2. The highest BCUT2D eigenvalue weighted by Crippen LogP contribution is 2.11. The Morgan fingerprint density at radius 1 is 1.32 bits per heavy atom. The summed E-state index contributed by atoms with van der Waals surface area (Å²) in [5.74, 6) is 0. The Morgan fingerprint density at radius 3 is 2.73 bits per heavy atom. The zero-order chi connectivity index (χ0) is 16.4. The van der Waals surface area contributed by atoms with Crippen LogP contribution >= 0.6 is 0 Å². The topological polar surface area (TPSA) is 51.2 Å². The lowest BCUT2D eigenvalue weighted by Crippen LogP contribution is -2.32. The van der Waals surface area contributed by atoms with Crippen molar-refractivity contribution in [2.45, 2.75) is 58.5 Å². The maximum Gasteiger partial charge on any atom is 0.407 e. The van der Waals surface area contributed by atoms with Crippen LogP contribution in [0.15, 0.2) is 24.9 Å². The number of pyridine rings is 1. The highest BCUT2D eigenvalue weighted by Gasteiger charge is 2.15. The molecule has 0 bridgehead atoms. The fourth-order valence-electron chi connectivity index (χ4n) is 2.12. The smallest absolute Gasteiger partial charge is 0.407 e. The van der Waals surface area contributed by atoms with Gasteiger partial charge in [-0.2, -0.15) is 0 Å². The number of hydrogen-bond acceptors (Lipinski definition) is 3. The maximum absolute atomic E-state index is 11.5. The SMILES string of the molecule is C=Cc1cccnc1CCCCCCNC(=O)OC(C)(C)C. The summed E-state index contributed by atoms with van der Waals surface area (Å²) in [7, 11) is 0. The number of ether oxygens (including phenoxy) is 1. The Morgan fingerprint density at radius 2 is 2.05 bits per heavy atom. The van der Waals surface area contributed by atoms with Crippen LogP contribution in [0.2, 0.25) is 0 Å². The van der Waals surface area contributed by atoms with E-state index < -0.39 is 5.60 Å². The van der Waals surface area contributed by atoms with Crippen LogP contribution in [0.1, 0.15) is 57.7 Å². The van der Waals surface area contributed by atoms with Crippen LogP contribution in [0.25, 0.3) is 6.08 Å². The monoisotopic (exact) mass is 304 g/mol. The van der Waals surface area contributed by atoms with Gasteiger partial charge in [-0.05, 0) is 51.7 Å². The molecule has 122 valence electrons. The van der Waals surface area contributed by atoms with E-state index in [0.717, 1.165) is 43.4 Å². The van der Waals surface area contributed by atoms with E-state index in [1.165, 1.54) is 0 Å². The average molecular weight is 304 g/mol. The molecule has 0 aromatic carbocycles. The van der Waals surface area contributed by atoms with Gasteiger partial charge in [-0.25, -0.2) is 4.79 Å². The Balaban J connectivity index is 2.09. The van der Waals surface area contributed by atoms with Gasteiger partial charge in [0.1, 0.15) is 5.60 Å². The third kappa shape index (κ3) is 7.81. The molecule has 0 fully saturated rings. The molecule has 1 rings (SSSR count). The Kier molecular flexibility index (Phi) is 7.64. The van der Waals surface area contributed by atoms with Gasteiger partial charge in [0.05, 0.1) is 0 Å². The zero-order valence-corrected chi connectivity index (χ0v) is 14.0. The second-order valence-electron chi connectivity index (χ2n) is 6.34. The number of alkyl carbamates (subject to hydrolysis) is 1. The Hall–Kier alpha value is -1.84. The van der Waals surface area contributed by atoms with Gasteiger partial charge in [0, 0.05) is 18.4 Å². The summed E-state index contributed by atoms with van der Waals surface area (Å²) in [4.78, 5) is 15.8. The van der Waals surface area contributed by atoms with E-state index in [4.69, 9.17) is 4.74 Å². The summed E-state index contributed by atoms with van der Waals surface area (Å²) in [6, 6.07) is 3.98. The third-order valence-electron chi connectivity index (χ3n) is 3.15. The lowest BCUT2D eigenvalue weighted by molar-refractivity contribution is 0.0527. The molecule has 1 N–H and O–H groups in total. The molecular weight excluding hydrogens is 276 g/mol. The van der Waals surface area contributed by atoms with Crippen molar-refractivity contribution in [3.63, 3.8) is 0 Å². The molecule has 4 nitrogen and oxygen atoms in total. The first-order valence-corrected chi connectivity index (χ1v) is 7.95. The molecule has 1 amide bonds. The number of aromatic nitrogens is 1. The van der Waals surface area contributed by atoms with E-state index in [0.29, 0.717) is 6.54 Å². The van der Waals surface area contributed by atoms with Gasteiger partial charge in [0.25, 0.3) is 0 Å². The lowest BCUT2D eigenvalue weighted by Gasteiger charge is -2.19. The lowest BCUT2D eigenvalue weighted by atomic mass is 10.1. The van der Waals surface area contributed by atoms with Crippen molar-refractivity contribution in [2.24, 2.45) is 0 Å². The zero-order valence-electron chi connectivity index (χ0n) is 14.0. The molecule has 4 heteroatoms. The normalized spacial score (nSPS) is 11.0. The molecule has 1 heterocycles. The summed E-state index contributed by atoms with van der Waals surface area (Å²) >= 11 is 0. The Bertz CT molecular complexity index is 478. The molecular formula is C18H28N2O2. The minimum absolute atomic E-state index is 0.336. The highest BCUT2D eigenvalue weighted by atomic mass is 16.6. The van der Waals surface area contributed by atoms with Crippen molar-refractivity contribution in [2.75, 3.05) is 6.54 Å². The van der Waals surface area contributed by atoms with Gasteiger partial charge < -0.3 is 10.1 Å². The van der Waals surface area contributed by atoms with Crippen LogP contribution in [0.3, 0.4) is 0 Å². The van der Waals surface area contributed by atoms with E-state index in [9.17, 15) is 4.79 Å². The summed E-state index contributed by atoms with van der Waals surface area (Å²) in [6.45, 7) is 10.1. The molecule has 0 aliphatic carbocycles. The number of carbonyl (C=O) groups excluding carboxylic acids is 1. The summed E-state index contributed by atoms with van der Waals surface area (Å²) in [6.07, 6.45) is 8.61. The van der Waals surface area contributed by atoms with E-state index in [-0.39, 0.29) is 6.09 Å². The van der Waals surface area contributed by atoms with Crippen molar-refractivity contribution in [1.82, 2.24) is 10.3 Å². The number of rotatable bonds is 8. The standard InChI is InChI=1S/C18H28N2O2/c1-5-15-11-10-14-19-16(15)12-8-6-7-9-13-20-17(21)22-18(2,3)4/h5,10-11,14H,1,6-9,12-13H2,2-4H3,(H,20,21). The van der Waals surface area contributed by atoms with Crippen LogP contribution in [0.4, 0.5) is 4.79 Å². The van der Waals surface area contributed by atoms with E-state index >= 15 is 0 Å². The van der Waals surface area contributed by atoms with Gasteiger partial charge in [-0.15, -0.1) is 0 Å². The summed E-state index contributed by atoms with van der Waals surface area (Å²) < 4.78 is 5.18. The van der Waals surface area contributed by atoms with Crippen molar-refractivity contribution < 1.29 is 9.53 Å². The van der Waals surface area contributed by atoms with Gasteiger partial charge in [-0.1, -0.05) is 31.6 Å². The number of amides is 1. The molecule has 22 heavy (non-hydrogen) atoms. The van der Waals surface area contributed by atoms with Crippen LogP contribution < -0.4 is 5.32 Å². The second kappa shape index (κ2) is 9.23. The van der Waals surface area contributed by atoms with Crippen LogP contribution in [0, 0.1) is 0 Å². The molecule has 0 saturated heterocycles. The Labute approximate surface area is 134 Å². The molecule has 0 radical (unpaired) electrons. The van der Waals surface area contributed by atoms with Crippen molar-refractivity contribution >= 4 is 12.2 Å². The maximum atomic E-state index is 11.5. The van der Waals surface area contributed by atoms with Gasteiger partial charge >= 0.3 is 6.09 Å². The van der Waals surface area contributed by atoms with Gasteiger partial charge in [0.2, 0.25) is 0 Å². The molecule has 0 aliphatic rings. The first-order valence-electron chi connectivity index (χ1n) is 7.95. The van der Waals surface area contributed by atoms with Gasteiger partial charge in [0.15, 0.2) is 0 Å². The third-order valence-corrected chi connectivity index (χ3v) is 3.15. The van der Waals surface area contributed by atoms with E-state index in [2.05, 4.69) is 16.9 Å². The number of carbonyl (C=O) groups is 1. The second-order valence-corrected chi connectivity index (χ2v) is 6.34. The van der Waals surface area contributed by atoms with Crippen molar-refractivity contribution in [3.05, 3.63) is 36.2 Å². The summed E-state index contributed by atoms with van der Waals surface area (Å²) in [5.41, 5.74) is 1.80. The van der Waals surface area contributed by atoms with Crippen LogP contribution in [-0.4, -0.2) is 23.2 Å². The predicted octanol–water partition coefficient (Wildman–Crippen LogP) is 4.35. The largest absolute Gasteiger partial charge is 0.444 e. The quantitative estimate of drug-likeness (QED) is 0.726. The molecule has 0 aliphatic heterocycles. The molecule has 0 atom stereocenters. The van der Waals surface area contributed by atoms with Crippen LogP contribution in [-0.2, 0) is 11.2 Å². The number of hydrogen-bond donors (Lipinski definition) is 1. The molecule has 1 aromatic heterocycles. The number of aryl methyl sites for hydroxylation is 1. The highest BCUT2D eigenvalue weighted by molar-refractivity contribution is 5.67. The number of nitrogens with one attached hydrogen (secondary N) is 1. The molecule has 0 spiro atoms. The van der Waals surface area contributed by atoms with Crippen molar-refractivity contribution in [1.29, 1.82) is 0 Å². The minimum atomic E-state index is -0.435. The van der Waals surface area contributed by atoms with Gasteiger partial charge in [-0.3, -0.25) is 4.98 Å². The fourth-order valence-corrected chi connectivity index (χ4v) is 2.12. The van der Waals surface area contributed by atoms with E-state index in [1.807, 2.05) is 45.2 Å². The van der Waals surface area contributed by atoms with Crippen LogP contribution in [0.5, 0.6) is 0 Å². The number of nitrogens with zero attached hydrogens (tertiary/aromatic N) is 1. The average Bonchev–Trinajstić information content (AvgIpc) is 2.44. The summed E-state index contributed by atoms with van der Waals surface area (Å²) in [5, 5.41) is 2.78. The first-order chi connectivity index (χ1) is 10.4.